The smallest absolute Gasteiger partial charge is 0.227 e. The van der Waals surface area contributed by atoms with Crippen molar-refractivity contribution >= 4 is 23.4 Å². The number of carbonyl (C=O) groups excluding carboxylic acids is 1. The monoisotopic (exact) mass is 334 g/mol. The largest absolute Gasteiger partial charge is 0.359 e. The second-order valence-electron chi connectivity index (χ2n) is 5.49. The Balaban J connectivity index is 2.11. The van der Waals surface area contributed by atoms with E-state index in [9.17, 15) is 4.79 Å². The molecule has 0 saturated carbocycles. The Morgan fingerprint density at radius 3 is 2.22 bits per heavy atom. The molecule has 0 aliphatic rings. The van der Waals surface area contributed by atoms with Crippen molar-refractivity contribution < 1.29 is 9.32 Å². The highest BCUT2D eigenvalue weighted by Crippen LogP contribution is 2.24. The fourth-order valence-electron chi connectivity index (χ4n) is 2.64. The van der Waals surface area contributed by atoms with Crippen molar-refractivity contribution in [3.63, 3.8) is 0 Å². The van der Waals surface area contributed by atoms with Crippen LogP contribution in [0.15, 0.2) is 9.68 Å². The van der Waals surface area contributed by atoms with Gasteiger partial charge in [-0.05, 0) is 45.9 Å². The minimum absolute atomic E-state index is 0.0205. The maximum atomic E-state index is 12.5. The quantitative estimate of drug-likeness (QED) is 0.618. The van der Waals surface area contributed by atoms with Gasteiger partial charge in [-0.15, -0.1) is 0 Å². The summed E-state index contributed by atoms with van der Waals surface area (Å²) in [7, 11) is 1.75. The van der Waals surface area contributed by atoms with Gasteiger partial charge in [0.2, 0.25) is 5.91 Å². The predicted octanol–water partition coefficient (Wildman–Crippen LogP) is 3.02. The van der Waals surface area contributed by atoms with E-state index < -0.39 is 0 Å². The van der Waals surface area contributed by atoms with Gasteiger partial charge in [0.25, 0.3) is 0 Å². The van der Waals surface area contributed by atoms with Crippen molar-refractivity contribution in [3.8, 4) is 0 Å². The molecule has 0 N–H and O–H groups in total. The van der Waals surface area contributed by atoms with E-state index in [1.165, 1.54) is 11.8 Å². The number of nitrogens with zero attached hydrogens (tertiary/aromatic N) is 4. The zero-order chi connectivity index (χ0) is 17.1. The fourth-order valence-corrected chi connectivity index (χ4v) is 3.10. The molecule has 0 saturated heterocycles. The molecule has 2 heterocycles. The molecule has 0 unspecified atom stereocenters. The van der Waals surface area contributed by atoms with Crippen molar-refractivity contribution in [2.24, 2.45) is 0 Å². The molecule has 7 heteroatoms. The molecule has 0 aromatic carbocycles. The lowest BCUT2D eigenvalue weighted by molar-refractivity contribution is -0.118. The summed E-state index contributed by atoms with van der Waals surface area (Å²) in [6.07, 6.45) is 2.97. The van der Waals surface area contributed by atoms with E-state index in [4.69, 9.17) is 4.52 Å². The first-order chi connectivity index (χ1) is 10.8. The summed E-state index contributed by atoms with van der Waals surface area (Å²) in [4.78, 5) is 23.0. The third kappa shape index (κ3) is 3.72. The fraction of sp³-hybridized carbons (Fsp3) is 0.500. The number of hydrogen-bond donors (Lipinski definition) is 0. The first kappa shape index (κ1) is 17.5. The Hall–Kier alpha value is -1.89. The lowest BCUT2D eigenvalue weighted by Crippen LogP contribution is -2.27. The minimum Gasteiger partial charge on any atom is -0.359 e. The van der Waals surface area contributed by atoms with Gasteiger partial charge in [-0.2, -0.15) is 0 Å². The van der Waals surface area contributed by atoms with E-state index in [0.717, 1.165) is 33.5 Å². The Kier molecular flexibility index (Phi) is 5.41. The molecule has 0 aliphatic carbocycles. The molecule has 1 amide bonds. The van der Waals surface area contributed by atoms with Crippen molar-refractivity contribution in [2.45, 2.75) is 45.7 Å². The molecule has 0 atom stereocenters. The summed E-state index contributed by atoms with van der Waals surface area (Å²) in [5.41, 5.74) is 4.39. The van der Waals surface area contributed by atoms with E-state index >= 15 is 0 Å². The number of hydrogen-bond acceptors (Lipinski definition) is 6. The number of aryl methyl sites for hydroxylation is 4. The molecule has 2 rings (SSSR count). The second-order valence-corrected chi connectivity index (χ2v) is 6.26. The van der Waals surface area contributed by atoms with Gasteiger partial charge >= 0.3 is 0 Å². The average molecular weight is 334 g/mol. The summed E-state index contributed by atoms with van der Waals surface area (Å²) in [6, 6.07) is 0. The van der Waals surface area contributed by atoms with Gasteiger partial charge in [-0.3, -0.25) is 4.79 Å². The topological polar surface area (TPSA) is 72.1 Å². The number of anilines is 1. The molecular weight excluding hydrogens is 312 g/mol. The summed E-state index contributed by atoms with van der Waals surface area (Å²) < 4.78 is 5.13. The van der Waals surface area contributed by atoms with E-state index in [1.54, 1.807) is 11.9 Å². The lowest BCUT2D eigenvalue weighted by Gasteiger charge is -2.17. The van der Waals surface area contributed by atoms with Gasteiger partial charge in [0, 0.05) is 24.9 Å². The molecule has 124 valence electrons. The van der Waals surface area contributed by atoms with Crippen LogP contribution in [0, 0.1) is 27.7 Å². The van der Waals surface area contributed by atoms with Crippen molar-refractivity contribution in [1.82, 2.24) is 15.1 Å². The first-order valence-electron chi connectivity index (χ1n) is 7.42. The van der Waals surface area contributed by atoms with Crippen molar-refractivity contribution in [3.05, 3.63) is 28.4 Å². The van der Waals surface area contributed by atoms with E-state index in [-0.39, 0.29) is 5.91 Å². The Morgan fingerprint density at radius 2 is 1.74 bits per heavy atom. The zero-order valence-corrected chi connectivity index (χ0v) is 15.2. The summed E-state index contributed by atoms with van der Waals surface area (Å²) >= 11 is 1.52. The van der Waals surface area contributed by atoms with E-state index in [1.807, 2.05) is 34.0 Å². The molecule has 0 radical (unpaired) electrons. The van der Waals surface area contributed by atoms with Crippen LogP contribution in [0.2, 0.25) is 0 Å². The van der Waals surface area contributed by atoms with Gasteiger partial charge in [0.15, 0.2) is 10.9 Å². The van der Waals surface area contributed by atoms with Gasteiger partial charge in [-0.25, -0.2) is 9.97 Å². The van der Waals surface area contributed by atoms with Gasteiger partial charge < -0.3 is 9.42 Å². The zero-order valence-electron chi connectivity index (χ0n) is 14.4. The van der Waals surface area contributed by atoms with Crippen LogP contribution in [-0.4, -0.2) is 34.3 Å². The van der Waals surface area contributed by atoms with Crippen molar-refractivity contribution in [2.75, 3.05) is 18.2 Å². The number of amides is 1. The second kappa shape index (κ2) is 7.12. The van der Waals surface area contributed by atoms with Crippen LogP contribution in [0.25, 0.3) is 0 Å². The standard InChI is InChI=1S/C16H22N4O2S/c1-9-13(10(2)18-16(17-9)23-6)7-8-14(21)20(5)15-11(3)19-22-12(15)4/h7-8H2,1-6H3. The van der Waals surface area contributed by atoms with Crippen molar-refractivity contribution in [1.29, 1.82) is 0 Å². The average Bonchev–Trinajstić information content (AvgIpc) is 2.84. The van der Waals surface area contributed by atoms with Crippen LogP contribution in [0.3, 0.4) is 0 Å². The molecule has 6 nitrogen and oxygen atoms in total. The highest BCUT2D eigenvalue weighted by atomic mass is 32.2. The molecule has 0 aliphatic heterocycles. The van der Waals surface area contributed by atoms with Crippen LogP contribution in [-0.2, 0) is 11.2 Å². The van der Waals surface area contributed by atoms with Gasteiger partial charge in [0.1, 0.15) is 11.4 Å². The highest BCUT2D eigenvalue weighted by molar-refractivity contribution is 7.98. The number of aromatic nitrogens is 3. The summed E-state index contributed by atoms with van der Waals surface area (Å²) in [5, 5.41) is 4.66. The first-order valence-corrected chi connectivity index (χ1v) is 8.65. The summed E-state index contributed by atoms with van der Waals surface area (Å²) in [5.74, 6) is 0.672. The van der Waals surface area contributed by atoms with Crippen LogP contribution < -0.4 is 4.90 Å². The Bertz CT molecular complexity index is 684. The molecule has 0 spiro atoms. The lowest BCUT2D eigenvalue weighted by atomic mass is 10.1. The number of thioether (sulfide) groups is 1. The molecule has 23 heavy (non-hydrogen) atoms. The molecule has 0 fully saturated rings. The van der Waals surface area contributed by atoms with Crippen LogP contribution in [0.5, 0.6) is 0 Å². The normalized spacial score (nSPS) is 10.9. The molecule has 0 bridgehead atoms. The Labute approximate surface area is 140 Å². The predicted molar refractivity (Wildman–Crippen MR) is 91.0 cm³/mol. The van der Waals surface area contributed by atoms with Crippen LogP contribution in [0.1, 0.15) is 34.8 Å². The SMILES string of the molecule is CSc1nc(C)c(CCC(=O)N(C)c2c(C)noc2C)c(C)n1. The third-order valence-electron chi connectivity index (χ3n) is 3.88. The molecule has 2 aromatic rings. The Morgan fingerprint density at radius 1 is 1.13 bits per heavy atom. The number of rotatable bonds is 5. The van der Waals surface area contributed by atoms with Gasteiger partial charge in [0.05, 0.1) is 0 Å². The molecule has 2 aromatic heterocycles. The van der Waals surface area contributed by atoms with Crippen LogP contribution >= 0.6 is 11.8 Å². The summed E-state index contributed by atoms with van der Waals surface area (Å²) in [6.45, 7) is 7.57. The maximum absolute atomic E-state index is 12.5. The number of carbonyl (C=O) groups is 1. The third-order valence-corrected chi connectivity index (χ3v) is 4.42. The maximum Gasteiger partial charge on any atom is 0.227 e. The highest BCUT2D eigenvalue weighted by Gasteiger charge is 2.20. The van der Waals surface area contributed by atoms with Gasteiger partial charge in [-0.1, -0.05) is 16.9 Å². The van der Waals surface area contributed by atoms with E-state index in [2.05, 4.69) is 15.1 Å². The molecular formula is C16H22N4O2S. The van der Waals surface area contributed by atoms with Crippen LogP contribution in [0.4, 0.5) is 5.69 Å². The minimum atomic E-state index is 0.0205. The van der Waals surface area contributed by atoms with E-state index in [0.29, 0.717) is 18.6 Å².